The third-order valence-corrected chi connectivity index (χ3v) is 6.57. The van der Waals surface area contributed by atoms with Crippen LogP contribution >= 0.6 is 0 Å². The average Bonchev–Trinajstić information content (AvgIpc) is 3.04. The summed E-state index contributed by atoms with van der Waals surface area (Å²) >= 11 is 0. The van der Waals surface area contributed by atoms with Crippen LogP contribution in [0.15, 0.2) is 66.9 Å². The molecule has 0 saturated carbocycles. The van der Waals surface area contributed by atoms with E-state index in [1.807, 2.05) is 60.7 Å². The lowest BCUT2D eigenvalue weighted by Gasteiger charge is -2.27. The van der Waals surface area contributed by atoms with Crippen LogP contribution in [0.25, 0.3) is 11.1 Å². The number of aromatic nitrogens is 1. The highest BCUT2D eigenvalue weighted by Crippen LogP contribution is 2.28. The van der Waals surface area contributed by atoms with Crippen LogP contribution in [-0.4, -0.2) is 41.5 Å². The number of nitrogens with two attached hydrogens (primary N) is 1. The topological polar surface area (TPSA) is 129 Å². The molecular weight excluding hydrogens is 480 g/mol. The Morgan fingerprint density at radius 2 is 1.82 bits per heavy atom. The molecule has 0 spiro atoms. The minimum absolute atomic E-state index is 0.213. The molecule has 198 valence electrons. The van der Waals surface area contributed by atoms with Crippen molar-refractivity contribution in [2.75, 3.05) is 11.9 Å². The maximum absolute atomic E-state index is 13.7. The second-order valence-electron chi connectivity index (χ2n) is 9.98. The SMILES string of the molecule is CNC(=O)NCc1ccccc1-c1ccc(CN2C(=O)[C@H](NC(=O)C(C)(C)N)CCc3cccnc32)cc1. The van der Waals surface area contributed by atoms with E-state index in [0.29, 0.717) is 31.7 Å². The number of fused-ring (bicyclic) bond motifs is 1. The van der Waals surface area contributed by atoms with Crippen LogP contribution in [0.2, 0.25) is 0 Å². The lowest BCUT2D eigenvalue weighted by atomic mass is 9.98. The number of anilines is 1. The molecule has 9 nitrogen and oxygen atoms in total. The molecule has 1 aromatic heterocycles. The summed E-state index contributed by atoms with van der Waals surface area (Å²) in [6.45, 7) is 3.94. The predicted octanol–water partition coefficient (Wildman–Crippen LogP) is 2.88. The number of pyridine rings is 1. The normalized spacial score (nSPS) is 15.3. The summed E-state index contributed by atoms with van der Waals surface area (Å²) in [6, 6.07) is 18.8. The van der Waals surface area contributed by atoms with Crippen LogP contribution in [0.4, 0.5) is 10.6 Å². The zero-order chi connectivity index (χ0) is 27.3. The Kier molecular flexibility index (Phi) is 8.07. The van der Waals surface area contributed by atoms with Crippen molar-refractivity contribution in [3.05, 3.63) is 83.6 Å². The van der Waals surface area contributed by atoms with Gasteiger partial charge in [0, 0.05) is 19.8 Å². The van der Waals surface area contributed by atoms with E-state index in [2.05, 4.69) is 20.9 Å². The number of carbonyl (C=O) groups is 3. The van der Waals surface area contributed by atoms with Gasteiger partial charge in [-0.25, -0.2) is 9.78 Å². The number of carbonyl (C=O) groups excluding carboxylic acids is 3. The van der Waals surface area contributed by atoms with Gasteiger partial charge >= 0.3 is 6.03 Å². The summed E-state index contributed by atoms with van der Waals surface area (Å²) in [4.78, 5) is 44.0. The zero-order valence-corrected chi connectivity index (χ0v) is 22.0. The molecule has 4 amide bonds. The molecule has 38 heavy (non-hydrogen) atoms. The van der Waals surface area contributed by atoms with Crippen LogP contribution in [0.5, 0.6) is 0 Å². The van der Waals surface area contributed by atoms with Crippen molar-refractivity contribution in [2.24, 2.45) is 5.73 Å². The predicted molar refractivity (Wildman–Crippen MR) is 147 cm³/mol. The first-order valence-electron chi connectivity index (χ1n) is 12.7. The van der Waals surface area contributed by atoms with E-state index in [-0.39, 0.29) is 17.8 Å². The molecule has 1 atom stereocenters. The largest absolute Gasteiger partial charge is 0.343 e. The van der Waals surface area contributed by atoms with Crippen LogP contribution in [-0.2, 0) is 29.1 Å². The van der Waals surface area contributed by atoms with E-state index in [1.165, 1.54) is 0 Å². The molecule has 4 rings (SSSR count). The number of nitrogens with zero attached hydrogens (tertiary/aromatic N) is 2. The Balaban J connectivity index is 1.57. The fraction of sp³-hybridized carbons (Fsp3) is 0.310. The van der Waals surface area contributed by atoms with Gasteiger partial charge in [0.2, 0.25) is 5.91 Å². The highest BCUT2D eigenvalue weighted by molar-refractivity contribution is 6.00. The van der Waals surface area contributed by atoms with Crippen molar-refractivity contribution in [1.82, 2.24) is 20.9 Å². The first kappa shape index (κ1) is 26.8. The molecule has 0 radical (unpaired) electrons. The Bertz CT molecular complexity index is 1320. The monoisotopic (exact) mass is 514 g/mol. The summed E-state index contributed by atoms with van der Waals surface area (Å²) in [7, 11) is 1.58. The number of hydrogen-bond donors (Lipinski definition) is 4. The Labute approximate surface area is 222 Å². The van der Waals surface area contributed by atoms with E-state index in [4.69, 9.17) is 5.73 Å². The number of amides is 4. The smallest absolute Gasteiger partial charge is 0.314 e. The Morgan fingerprint density at radius 1 is 1.08 bits per heavy atom. The van der Waals surface area contributed by atoms with Gasteiger partial charge in [0.15, 0.2) is 0 Å². The average molecular weight is 515 g/mol. The first-order valence-corrected chi connectivity index (χ1v) is 12.7. The molecule has 5 N–H and O–H groups in total. The van der Waals surface area contributed by atoms with E-state index < -0.39 is 11.6 Å². The number of rotatable bonds is 7. The first-order chi connectivity index (χ1) is 18.2. The van der Waals surface area contributed by atoms with Crippen molar-refractivity contribution >= 4 is 23.7 Å². The zero-order valence-electron chi connectivity index (χ0n) is 22.0. The van der Waals surface area contributed by atoms with E-state index in [1.54, 1.807) is 32.0 Å². The second-order valence-corrected chi connectivity index (χ2v) is 9.98. The van der Waals surface area contributed by atoms with Crippen LogP contribution in [0.1, 0.15) is 37.0 Å². The lowest BCUT2D eigenvalue weighted by Crippen LogP contribution is -2.56. The second kappa shape index (κ2) is 11.4. The molecule has 0 saturated heterocycles. The fourth-order valence-electron chi connectivity index (χ4n) is 4.41. The van der Waals surface area contributed by atoms with E-state index >= 15 is 0 Å². The molecule has 0 bridgehead atoms. The molecule has 2 heterocycles. The quantitative estimate of drug-likeness (QED) is 0.385. The molecule has 0 aliphatic carbocycles. The number of nitrogens with one attached hydrogen (secondary N) is 3. The van der Waals surface area contributed by atoms with Gasteiger partial charge in [0.05, 0.1) is 12.1 Å². The van der Waals surface area contributed by atoms with Gasteiger partial charge in [0.1, 0.15) is 11.9 Å². The van der Waals surface area contributed by atoms with Crippen LogP contribution in [0.3, 0.4) is 0 Å². The molecule has 9 heteroatoms. The third-order valence-electron chi connectivity index (χ3n) is 6.57. The number of aryl methyl sites for hydroxylation is 1. The summed E-state index contributed by atoms with van der Waals surface area (Å²) < 4.78 is 0. The van der Waals surface area contributed by atoms with Crippen molar-refractivity contribution in [3.63, 3.8) is 0 Å². The number of hydrogen-bond acceptors (Lipinski definition) is 5. The highest BCUT2D eigenvalue weighted by Gasteiger charge is 2.34. The Morgan fingerprint density at radius 3 is 2.53 bits per heavy atom. The summed E-state index contributed by atoms with van der Waals surface area (Å²) in [6.07, 6.45) is 2.75. The standard InChI is InChI=1S/C29H34N6O3/c1-29(2,30)27(37)34-24-15-14-21-8-6-16-32-25(21)35(26(24)36)18-19-10-12-20(13-11-19)23-9-5-4-7-22(23)17-33-28(38)31-3/h4-13,16,24H,14-15,17-18,30H2,1-3H3,(H,34,37)(H2,31,33,38)/t24-/m1/s1. The van der Waals surface area contributed by atoms with Crippen LogP contribution in [0, 0.1) is 0 Å². The summed E-state index contributed by atoms with van der Waals surface area (Å²) in [5.74, 6) is 0.0225. The van der Waals surface area contributed by atoms with Gasteiger partial charge in [-0.1, -0.05) is 54.6 Å². The molecule has 1 aliphatic rings. The molecule has 0 unspecified atom stereocenters. The minimum atomic E-state index is -1.09. The fourth-order valence-corrected chi connectivity index (χ4v) is 4.41. The van der Waals surface area contributed by atoms with Gasteiger partial charge in [0.25, 0.3) is 5.91 Å². The lowest BCUT2D eigenvalue weighted by molar-refractivity contribution is -0.130. The van der Waals surface area contributed by atoms with Gasteiger partial charge in [-0.2, -0.15) is 0 Å². The molecule has 3 aromatic rings. The number of benzene rings is 2. The highest BCUT2D eigenvalue weighted by atomic mass is 16.2. The Hall–Kier alpha value is -4.24. The molecule has 1 aliphatic heterocycles. The maximum atomic E-state index is 13.7. The third kappa shape index (κ3) is 6.18. The number of urea groups is 1. The van der Waals surface area contributed by atoms with Gasteiger partial charge in [-0.3, -0.25) is 14.5 Å². The van der Waals surface area contributed by atoms with E-state index in [9.17, 15) is 14.4 Å². The molecular formula is C29H34N6O3. The van der Waals surface area contributed by atoms with Gasteiger partial charge in [-0.15, -0.1) is 0 Å². The minimum Gasteiger partial charge on any atom is -0.343 e. The van der Waals surface area contributed by atoms with Crippen molar-refractivity contribution < 1.29 is 14.4 Å². The van der Waals surface area contributed by atoms with Crippen molar-refractivity contribution in [3.8, 4) is 11.1 Å². The maximum Gasteiger partial charge on any atom is 0.314 e. The van der Waals surface area contributed by atoms with E-state index in [0.717, 1.165) is 27.8 Å². The molecule has 0 fully saturated rings. The van der Waals surface area contributed by atoms with Gasteiger partial charge in [-0.05, 0) is 60.6 Å². The van der Waals surface area contributed by atoms with Gasteiger partial charge < -0.3 is 21.7 Å². The van der Waals surface area contributed by atoms with Crippen LogP contribution < -0.4 is 26.6 Å². The van der Waals surface area contributed by atoms with Crippen molar-refractivity contribution in [1.29, 1.82) is 0 Å². The molecule has 2 aromatic carbocycles. The summed E-state index contributed by atoms with van der Waals surface area (Å²) in [5.41, 5.74) is 9.76. The van der Waals surface area contributed by atoms with Crippen molar-refractivity contribution in [2.45, 2.75) is 51.4 Å². The summed E-state index contributed by atoms with van der Waals surface area (Å²) in [5, 5.41) is 8.23.